The van der Waals surface area contributed by atoms with Gasteiger partial charge in [-0.2, -0.15) is 0 Å². The highest BCUT2D eigenvalue weighted by molar-refractivity contribution is 14.1. The van der Waals surface area contributed by atoms with Crippen molar-refractivity contribution in [2.45, 2.75) is 13.5 Å². The van der Waals surface area contributed by atoms with E-state index < -0.39 is 0 Å². The molecule has 0 fully saturated rings. The summed E-state index contributed by atoms with van der Waals surface area (Å²) >= 11 is 2.24. The summed E-state index contributed by atoms with van der Waals surface area (Å²) < 4.78 is 12.0. The van der Waals surface area contributed by atoms with Crippen LogP contribution in [0, 0.1) is 3.57 Å². The lowest BCUT2D eigenvalue weighted by molar-refractivity contribution is -0.112. The molecule has 0 heterocycles. The van der Waals surface area contributed by atoms with Gasteiger partial charge in [0.05, 0.1) is 7.11 Å². The van der Waals surface area contributed by atoms with Crippen LogP contribution < -0.4 is 9.47 Å². The Morgan fingerprint density at radius 3 is 2.41 bits per heavy atom. The van der Waals surface area contributed by atoms with E-state index >= 15 is 0 Å². The maximum atomic E-state index is 11.0. The topological polar surface area (TPSA) is 35.5 Å². The zero-order valence-electron chi connectivity index (χ0n) is 12.5. The van der Waals surface area contributed by atoms with Crippen molar-refractivity contribution in [1.82, 2.24) is 0 Å². The van der Waals surface area contributed by atoms with Gasteiger partial charge in [-0.3, -0.25) is 4.79 Å². The highest BCUT2D eigenvalue weighted by Crippen LogP contribution is 2.22. The van der Waals surface area contributed by atoms with E-state index in [2.05, 4.69) is 22.6 Å². The monoisotopic (exact) mass is 408 g/mol. The van der Waals surface area contributed by atoms with Crippen LogP contribution in [0.5, 0.6) is 11.5 Å². The molecule has 0 aliphatic rings. The molecule has 0 N–H and O–H groups in total. The molecule has 0 aliphatic heterocycles. The van der Waals surface area contributed by atoms with Gasteiger partial charge in [0.1, 0.15) is 18.1 Å². The summed E-state index contributed by atoms with van der Waals surface area (Å²) in [7, 11) is 1.65. The molecule has 4 heteroatoms. The predicted molar refractivity (Wildman–Crippen MR) is 96.2 cm³/mol. The number of halogens is 1. The highest BCUT2D eigenvalue weighted by atomic mass is 127. The van der Waals surface area contributed by atoms with Crippen molar-refractivity contribution in [2.24, 2.45) is 0 Å². The fourth-order valence-corrected chi connectivity index (χ4v) is 2.49. The van der Waals surface area contributed by atoms with Crippen LogP contribution >= 0.6 is 22.6 Å². The zero-order chi connectivity index (χ0) is 15.9. The van der Waals surface area contributed by atoms with Crippen LogP contribution in [0.1, 0.15) is 18.1 Å². The molecule has 3 nitrogen and oxygen atoms in total. The molecule has 0 spiro atoms. The number of benzene rings is 2. The largest absolute Gasteiger partial charge is 0.497 e. The molecular formula is C18H17IO3. The SMILES string of the molecule is COc1ccc(COc2ccc(/C=C/C(C)=O)c(I)c2)cc1. The molecule has 0 saturated carbocycles. The van der Waals surface area contributed by atoms with Crippen molar-refractivity contribution in [3.63, 3.8) is 0 Å². The Kier molecular flexibility index (Phi) is 6.00. The summed E-state index contributed by atoms with van der Waals surface area (Å²) in [6.45, 7) is 2.04. The molecule has 2 rings (SSSR count). The Morgan fingerprint density at radius 2 is 1.82 bits per heavy atom. The molecule has 0 aliphatic carbocycles. The van der Waals surface area contributed by atoms with Crippen molar-refractivity contribution in [3.8, 4) is 11.5 Å². The fourth-order valence-electron chi connectivity index (χ4n) is 1.83. The summed E-state index contributed by atoms with van der Waals surface area (Å²) in [5.74, 6) is 1.68. The maximum absolute atomic E-state index is 11.0. The number of carbonyl (C=O) groups excluding carboxylic acids is 1. The number of allylic oxidation sites excluding steroid dienone is 1. The molecule has 2 aromatic rings. The lowest BCUT2D eigenvalue weighted by atomic mass is 10.2. The smallest absolute Gasteiger partial charge is 0.152 e. The minimum atomic E-state index is 0.0376. The van der Waals surface area contributed by atoms with Gasteiger partial charge in [-0.15, -0.1) is 0 Å². The molecule has 0 atom stereocenters. The van der Waals surface area contributed by atoms with Gasteiger partial charge >= 0.3 is 0 Å². The Bertz CT molecular complexity index is 675. The lowest BCUT2D eigenvalue weighted by Gasteiger charge is -2.08. The van der Waals surface area contributed by atoms with Crippen LogP contribution in [0.4, 0.5) is 0 Å². The number of hydrogen-bond donors (Lipinski definition) is 0. The fraction of sp³-hybridized carbons (Fsp3) is 0.167. The second kappa shape index (κ2) is 7.98. The number of methoxy groups -OCH3 is 1. The first kappa shape index (κ1) is 16.5. The van der Waals surface area contributed by atoms with Gasteiger partial charge in [-0.25, -0.2) is 0 Å². The Morgan fingerprint density at radius 1 is 1.14 bits per heavy atom. The number of ketones is 1. The summed E-state index contributed by atoms with van der Waals surface area (Å²) in [4.78, 5) is 11.0. The zero-order valence-corrected chi connectivity index (χ0v) is 14.7. The van der Waals surface area contributed by atoms with Crippen molar-refractivity contribution in [2.75, 3.05) is 7.11 Å². The van der Waals surface area contributed by atoms with E-state index in [1.807, 2.05) is 48.5 Å². The van der Waals surface area contributed by atoms with Gasteiger partial charge in [0.25, 0.3) is 0 Å². The van der Waals surface area contributed by atoms with Gasteiger partial charge in [0.2, 0.25) is 0 Å². The third-order valence-corrected chi connectivity index (χ3v) is 3.97. The first-order valence-electron chi connectivity index (χ1n) is 6.82. The van der Waals surface area contributed by atoms with Crippen LogP contribution in [0.25, 0.3) is 6.08 Å². The second-order valence-corrected chi connectivity index (χ2v) is 5.93. The summed E-state index contributed by atoms with van der Waals surface area (Å²) in [5.41, 5.74) is 2.09. The third-order valence-electron chi connectivity index (χ3n) is 3.03. The van der Waals surface area contributed by atoms with E-state index in [-0.39, 0.29) is 5.78 Å². The average Bonchev–Trinajstić information content (AvgIpc) is 2.52. The van der Waals surface area contributed by atoms with Crippen LogP contribution in [-0.2, 0) is 11.4 Å². The number of hydrogen-bond acceptors (Lipinski definition) is 3. The number of ether oxygens (including phenoxy) is 2. The van der Waals surface area contributed by atoms with Gasteiger partial charge in [0, 0.05) is 3.57 Å². The Hall–Kier alpha value is -1.82. The molecule has 22 heavy (non-hydrogen) atoms. The standard InChI is InChI=1S/C18H17IO3/c1-13(20)3-6-15-7-10-17(11-18(15)19)22-12-14-4-8-16(21-2)9-5-14/h3-11H,12H2,1-2H3/b6-3+. The molecular weight excluding hydrogens is 391 g/mol. The van der Waals surface area contributed by atoms with Crippen LogP contribution in [0.3, 0.4) is 0 Å². The molecule has 0 amide bonds. The molecule has 0 saturated heterocycles. The minimum absolute atomic E-state index is 0.0376. The summed E-state index contributed by atoms with van der Waals surface area (Å²) in [5, 5.41) is 0. The van der Waals surface area contributed by atoms with E-state index in [1.54, 1.807) is 13.2 Å². The van der Waals surface area contributed by atoms with Crippen LogP contribution in [0.2, 0.25) is 0 Å². The molecule has 0 unspecified atom stereocenters. The normalized spacial score (nSPS) is 10.7. The minimum Gasteiger partial charge on any atom is -0.497 e. The Labute approximate surface area is 144 Å². The number of carbonyl (C=O) groups is 1. The van der Waals surface area contributed by atoms with Crippen molar-refractivity contribution in [1.29, 1.82) is 0 Å². The maximum Gasteiger partial charge on any atom is 0.152 e. The molecule has 0 radical (unpaired) electrons. The van der Waals surface area contributed by atoms with E-state index in [0.29, 0.717) is 6.61 Å². The molecule has 2 aromatic carbocycles. The second-order valence-electron chi connectivity index (χ2n) is 4.76. The van der Waals surface area contributed by atoms with E-state index in [4.69, 9.17) is 9.47 Å². The first-order valence-corrected chi connectivity index (χ1v) is 7.90. The molecule has 114 valence electrons. The van der Waals surface area contributed by atoms with Crippen molar-refractivity contribution < 1.29 is 14.3 Å². The van der Waals surface area contributed by atoms with Crippen molar-refractivity contribution >= 4 is 34.5 Å². The van der Waals surface area contributed by atoms with Gasteiger partial charge < -0.3 is 9.47 Å². The van der Waals surface area contributed by atoms with Gasteiger partial charge in [0.15, 0.2) is 5.78 Å². The number of rotatable bonds is 6. The quantitative estimate of drug-likeness (QED) is 0.522. The molecule has 0 bridgehead atoms. The van der Waals surface area contributed by atoms with E-state index in [9.17, 15) is 4.79 Å². The van der Waals surface area contributed by atoms with Crippen LogP contribution in [-0.4, -0.2) is 12.9 Å². The highest BCUT2D eigenvalue weighted by Gasteiger charge is 2.01. The van der Waals surface area contributed by atoms with Gasteiger partial charge in [-0.05, 0) is 71.0 Å². The first-order chi connectivity index (χ1) is 10.6. The van der Waals surface area contributed by atoms with Gasteiger partial charge in [-0.1, -0.05) is 24.3 Å². The van der Waals surface area contributed by atoms with Crippen molar-refractivity contribution in [3.05, 3.63) is 63.2 Å². The summed E-state index contributed by atoms with van der Waals surface area (Å²) in [6, 6.07) is 13.6. The average molecular weight is 408 g/mol. The molecule has 0 aromatic heterocycles. The third kappa shape index (κ3) is 4.87. The van der Waals surface area contributed by atoms with Crippen LogP contribution in [0.15, 0.2) is 48.5 Å². The van der Waals surface area contributed by atoms with E-state index in [0.717, 1.165) is 26.2 Å². The Balaban J connectivity index is 2.01. The predicted octanol–water partition coefficient (Wildman–Crippen LogP) is 4.48. The van der Waals surface area contributed by atoms with E-state index in [1.165, 1.54) is 6.92 Å². The summed E-state index contributed by atoms with van der Waals surface area (Å²) in [6.07, 6.45) is 3.38. The lowest BCUT2D eigenvalue weighted by Crippen LogP contribution is -1.96.